The Labute approximate surface area is 119 Å². The van der Waals surface area contributed by atoms with Crippen LogP contribution in [0, 0.1) is 12.8 Å². The van der Waals surface area contributed by atoms with Crippen molar-refractivity contribution in [2.45, 2.75) is 19.8 Å². The van der Waals surface area contributed by atoms with Gasteiger partial charge in [-0.25, -0.2) is 4.79 Å². The third kappa shape index (κ3) is 3.67. The van der Waals surface area contributed by atoms with Crippen LogP contribution in [0.4, 0.5) is 10.5 Å². The molecule has 102 valence electrons. The normalized spacial score (nSPS) is 19.0. The van der Waals surface area contributed by atoms with Gasteiger partial charge in [0.1, 0.15) is 0 Å². The molecule has 1 heterocycles. The number of anilines is 1. The van der Waals surface area contributed by atoms with E-state index in [2.05, 4.69) is 5.32 Å². The summed E-state index contributed by atoms with van der Waals surface area (Å²) in [6.07, 6.45) is 1.92. The monoisotopic (exact) mass is 277 g/mol. The summed E-state index contributed by atoms with van der Waals surface area (Å²) in [6, 6.07) is 7.68. The van der Waals surface area contributed by atoms with E-state index in [0.717, 1.165) is 25.1 Å². The number of carbonyl (C=O) groups excluding carboxylic acids is 1. The summed E-state index contributed by atoms with van der Waals surface area (Å²) in [7, 11) is 0. The largest absolute Gasteiger partial charge is 0.393 e. The number of thiocarbonyl (C=S) groups is 1. The van der Waals surface area contributed by atoms with Gasteiger partial charge in [0.15, 0.2) is 0 Å². The van der Waals surface area contributed by atoms with Gasteiger partial charge in [-0.15, -0.1) is 0 Å². The molecule has 19 heavy (non-hydrogen) atoms. The zero-order valence-electron chi connectivity index (χ0n) is 11.1. The fourth-order valence-corrected chi connectivity index (χ4v) is 2.43. The highest BCUT2D eigenvalue weighted by atomic mass is 32.1. The minimum Gasteiger partial charge on any atom is -0.393 e. The summed E-state index contributed by atoms with van der Waals surface area (Å²) in [4.78, 5) is 14.4. The van der Waals surface area contributed by atoms with Crippen LogP contribution in [0.3, 0.4) is 0 Å². The summed E-state index contributed by atoms with van der Waals surface area (Å²) in [5.41, 5.74) is 7.66. The quantitative estimate of drug-likeness (QED) is 0.817. The van der Waals surface area contributed by atoms with Crippen molar-refractivity contribution in [1.82, 2.24) is 4.90 Å². The first-order valence-electron chi connectivity index (χ1n) is 6.48. The fraction of sp³-hybridized carbons (Fsp3) is 0.429. The molecule has 1 aromatic rings. The first kappa shape index (κ1) is 13.8. The van der Waals surface area contributed by atoms with E-state index in [9.17, 15) is 4.79 Å². The number of nitrogens with two attached hydrogens (primary N) is 1. The molecule has 0 aliphatic carbocycles. The Bertz CT molecular complexity index is 472. The van der Waals surface area contributed by atoms with Gasteiger partial charge in [0.2, 0.25) is 0 Å². The van der Waals surface area contributed by atoms with Crippen LogP contribution >= 0.6 is 12.2 Å². The molecule has 2 rings (SSSR count). The molecule has 1 fully saturated rings. The molecule has 3 N–H and O–H groups in total. The van der Waals surface area contributed by atoms with Crippen molar-refractivity contribution in [3.8, 4) is 0 Å². The third-order valence-electron chi connectivity index (χ3n) is 3.41. The van der Waals surface area contributed by atoms with Gasteiger partial charge < -0.3 is 16.0 Å². The molecule has 0 saturated carbocycles. The minimum absolute atomic E-state index is 0.0789. The molecule has 1 aromatic carbocycles. The lowest BCUT2D eigenvalue weighted by Gasteiger charge is -2.32. The number of hydrogen-bond donors (Lipinski definition) is 2. The van der Waals surface area contributed by atoms with Gasteiger partial charge in [-0.2, -0.15) is 0 Å². The number of carbonyl (C=O) groups is 1. The predicted molar refractivity (Wildman–Crippen MR) is 81.3 cm³/mol. The number of likely N-dealkylation sites (tertiary alicyclic amines) is 1. The molecule has 1 unspecified atom stereocenters. The maximum atomic E-state index is 12.2. The molecule has 1 atom stereocenters. The Morgan fingerprint density at radius 2 is 2.11 bits per heavy atom. The highest BCUT2D eigenvalue weighted by Crippen LogP contribution is 2.18. The number of nitrogens with one attached hydrogen (secondary N) is 1. The standard InChI is InChI=1S/C14H19N3OS/c1-10-4-6-12(7-5-10)16-14(18)17-8-2-3-11(9-17)13(15)19/h4-7,11H,2-3,8-9H2,1H3,(H2,15,19)(H,16,18). The molecule has 2 amide bonds. The molecule has 1 aliphatic rings. The van der Waals surface area contributed by atoms with Gasteiger partial charge >= 0.3 is 6.03 Å². The molecule has 5 heteroatoms. The van der Waals surface area contributed by atoms with Crippen molar-refractivity contribution >= 4 is 28.9 Å². The van der Waals surface area contributed by atoms with Crippen molar-refractivity contribution in [2.75, 3.05) is 18.4 Å². The zero-order valence-corrected chi connectivity index (χ0v) is 11.9. The van der Waals surface area contributed by atoms with E-state index < -0.39 is 0 Å². The molecular formula is C14H19N3OS. The lowest BCUT2D eigenvalue weighted by atomic mass is 9.98. The average Bonchev–Trinajstić information content (AvgIpc) is 2.41. The zero-order chi connectivity index (χ0) is 13.8. The van der Waals surface area contributed by atoms with E-state index in [1.54, 1.807) is 4.90 Å². The summed E-state index contributed by atoms with van der Waals surface area (Å²) < 4.78 is 0. The Kier molecular flexibility index (Phi) is 4.37. The van der Waals surface area contributed by atoms with Crippen LogP contribution in [0.15, 0.2) is 24.3 Å². The number of piperidine rings is 1. The van der Waals surface area contributed by atoms with Gasteiger partial charge in [0.05, 0.1) is 4.99 Å². The molecule has 1 aliphatic heterocycles. The maximum Gasteiger partial charge on any atom is 0.321 e. The average molecular weight is 277 g/mol. The Balaban J connectivity index is 1.96. The molecule has 1 saturated heterocycles. The summed E-state index contributed by atoms with van der Waals surface area (Å²) >= 11 is 5.02. The summed E-state index contributed by atoms with van der Waals surface area (Å²) in [5, 5.41) is 2.90. The van der Waals surface area contributed by atoms with E-state index in [1.807, 2.05) is 31.2 Å². The Morgan fingerprint density at radius 3 is 2.74 bits per heavy atom. The van der Waals surface area contributed by atoms with E-state index in [4.69, 9.17) is 18.0 Å². The number of nitrogens with zero attached hydrogens (tertiary/aromatic N) is 1. The van der Waals surface area contributed by atoms with Crippen LogP contribution in [-0.4, -0.2) is 29.0 Å². The number of benzene rings is 1. The van der Waals surface area contributed by atoms with Crippen LogP contribution in [0.1, 0.15) is 18.4 Å². The number of hydrogen-bond acceptors (Lipinski definition) is 2. The van der Waals surface area contributed by atoms with Crippen LogP contribution in [-0.2, 0) is 0 Å². The van der Waals surface area contributed by atoms with Gasteiger partial charge in [-0.05, 0) is 31.9 Å². The smallest absolute Gasteiger partial charge is 0.321 e. The molecule has 4 nitrogen and oxygen atoms in total. The Hall–Kier alpha value is -1.62. The molecule has 0 spiro atoms. The van der Waals surface area contributed by atoms with E-state index in [1.165, 1.54) is 5.56 Å². The minimum atomic E-state index is -0.0789. The number of aryl methyl sites for hydroxylation is 1. The van der Waals surface area contributed by atoms with Crippen LogP contribution < -0.4 is 11.1 Å². The van der Waals surface area contributed by atoms with Gasteiger partial charge in [-0.3, -0.25) is 0 Å². The second-order valence-corrected chi connectivity index (χ2v) is 5.46. The van der Waals surface area contributed by atoms with Crippen LogP contribution in [0.5, 0.6) is 0 Å². The maximum absolute atomic E-state index is 12.2. The molecule has 0 radical (unpaired) electrons. The third-order valence-corrected chi connectivity index (χ3v) is 3.75. The van der Waals surface area contributed by atoms with Gasteiger partial charge in [-0.1, -0.05) is 29.9 Å². The van der Waals surface area contributed by atoms with Crippen molar-refractivity contribution in [3.05, 3.63) is 29.8 Å². The Morgan fingerprint density at radius 1 is 1.42 bits per heavy atom. The van der Waals surface area contributed by atoms with Crippen molar-refractivity contribution in [1.29, 1.82) is 0 Å². The van der Waals surface area contributed by atoms with Crippen molar-refractivity contribution < 1.29 is 4.79 Å². The topological polar surface area (TPSA) is 58.4 Å². The lowest BCUT2D eigenvalue weighted by molar-refractivity contribution is 0.191. The number of rotatable bonds is 2. The van der Waals surface area contributed by atoms with E-state index in [0.29, 0.717) is 11.5 Å². The second-order valence-electron chi connectivity index (χ2n) is 4.98. The van der Waals surface area contributed by atoms with Gasteiger partial charge in [0, 0.05) is 24.7 Å². The summed E-state index contributed by atoms with van der Waals surface area (Å²) in [5.74, 6) is 0.146. The highest BCUT2D eigenvalue weighted by molar-refractivity contribution is 7.80. The van der Waals surface area contributed by atoms with Crippen molar-refractivity contribution in [2.24, 2.45) is 11.7 Å². The number of amides is 2. The predicted octanol–water partition coefficient (Wildman–Crippen LogP) is 2.53. The second kappa shape index (κ2) is 6.02. The van der Waals surface area contributed by atoms with Crippen molar-refractivity contribution in [3.63, 3.8) is 0 Å². The molecular weight excluding hydrogens is 258 g/mol. The lowest BCUT2D eigenvalue weighted by Crippen LogP contribution is -2.45. The first-order chi connectivity index (χ1) is 9.06. The molecule has 0 bridgehead atoms. The van der Waals surface area contributed by atoms with E-state index >= 15 is 0 Å². The summed E-state index contributed by atoms with van der Waals surface area (Å²) in [6.45, 7) is 3.40. The van der Waals surface area contributed by atoms with E-state index in [-0.39, 0.29) is 11.9 Å². The fourth-order valence-electron chi connectivity index (χ4n) is 2.23. The number of urea groups is 1. The SMILES string of the molecule is Cc1ccc(NC(=O)N2CCCC(C(N)=S)C2)cc1. The first-order valence-corrected chi connectivity index (χ1v) is 6.89. The molecule has 0 aromatic heterocycles. The van der Waals surface area contributed by atoms with Gasteiger partial charge in [0.25, 0.3) is 0 Å². The van der Waals surface area contributed by atoms with Crippen LogP contribution in [0.2, 0.25) is 0 Å². The van der Waals surface area contributed by atoms with Crippen LogP contribution in [0.25, 0.3) is 0 Å². The highest BCUT2D eigenvalue weighted by Gasteiger charge is 2.25.